The lowest BCUT2D eigenvalue weighted by molar-refractivity contribution is 0.0466. The van der Waals surface area contributed by atoms with Crippen molar-refractivity contribution in [3.05, 3.63) is 30.3 Å². The molecule has 0 fully saturated rings. The van der Waals surface area contributed by atoms with Gasteiger partial charge in [-0.05, 0) is 51.0 Å². The Bertz CT molecular complexity index is 625. The summed E-state index contributed by atoms with van der Waals surface area (Å²) >= 11 is 0. The molecule has 0 spiro atoms. The van der Waals surface area contributed by atoms with Crippen molar-refractivity contribution >= 4 is 16.0 Å². The molecule has 0 aromatic heterocycles. The fourth-order valence-corrected chi connectivity index (χ4v) is 3.79. The van der Waals surface area contributed by atoms with Crippen LogP contribution in [-0.4, -0.2) is 58.0 Å². The number of unbranched alkanes of at least 4 members (excludes halogenated alkanes) is 2. The van der Waals surface area contributed by atoms with Crippen molar-refractivity contribution < 1.29 is 23.1 Å². The molecule has 0 saturated heterocycles. The highest BCUT2D eigenvalue weighted by Gasteiger charge is 2.23. The van der Waals surface area contributed by atoms with Crippen LogP contribution < -0.4 is 16.0 Å². The summed E-state index contributed by atoms with van der Waals surface area (Å²) in [4.78, 5) is 11.0. The van der Waals surface area contributed by atoms with Crippen LogP contribution in [0, 0.1) is 0 Å². The molecule has 0 aliphatic carbocycles. The van der Waals surface area contributed by atoms with Gasteiger partial charge in [-0.3, -0.25) is 5.32 Å². The topological polar surface area (TPSA) is 117 Å². The lowest BCUT2D eigenvalue weighted by Gasteiger charge is -2.17. The van der Waals surface area contributed by atoms with Crippen LogP contribution in [0.4, 0.5) is 4.79 Å². The van der Waals surface area contributed by atoms with Crippen LogP contribution in [-0.2, 0) is 14.6 Å². The predicted molar refractivity (Wildman–Crippen MR) is 104 cm³/mol. The number of sulfone groups is 1. The third kappa shape index (κ3) is 10.9. The predicted octanol–water partition coefficient (Wildman–Crippen LogP) is 1.79. The molecule has 1 aromatic carbocycles. The Kier molecular flexibility index (Phi) is 11.7. The van der Waals surface area contributed by atoms with Gasteiger partial charge in [-0.2, -0.15) is 0 Å². The van der Waals surface area contributed by atoms with Gasteiger partial charge in [0.1, 0.15) is 5.75 Å². The maximum atomic E-state index is 12.4. The summed E-state index contributed by atoms with van der Waals surface area (Å²) in [5, 5.41) is 18.3. The minimum atomic E-state index is -3.64. The summed E-state index contributed by atoms with van der Waals surface area (Å²) in [6.07, 6.45) is 1.24. The highest BCUT2D eigenvalue weighted by molar-refractivity contribution is 7.91. The zero-order chi connectivity index (χ0) is 20.0. The van der Waals surface area contributed by atoms with Crippen molar-refractivity contribution in [2.24, 2.45) is 0 Å². The second-order valence-corrected chi connectivity index (χ2v) is 8.19. The molecule has 1 atom stereocenters. The SMILES string of the molecule is CCCNCNCCCCCNC(CS(=O)(=O)c1ccccc1)OC(=O)O. The Morgan fingerprint density at radius 3 is 2.41 bits per heavy atom. The van der Waals surface area contributed by atoms with Crippen LogP contribution in [0.2, 0.25) is 0 Å². The smallest absolute Gasteiger partial charge is 0.450 e. The van der Waals surface area contributed by atoms with Crippen molar-refractivity contribution in [3.8, 4) is 0 Å². The van der Waals surface area contributed by atoms with Gasteiger partial charge in [0, 0.05) is 6.67 Å². The lowest BCUT2D eigenvalue weighted by atomic mass is 10.2. The Morgan fingerprint density at radius 2 is 1.74 bits per heavy atom. The number of carboxylic acid groups (broad SMARTS) is 1. The summed E-state index contributed by atoms with van der Waals surface area (Å²) in [5.41, 5.74) is 0. The molecule has 27 heavy (non-hydrogen) atoms. The normalized spacial score (nSPS) is 12.6. The molecule has 0 bridgehead atoms. The fourth-order valence-electron chi connectivity index (χ4n) is 2.44. The van der Waals surface area contributed by atoms with E-state index in [0.29, 0.717) is 6.54 Å². The molecule has 0 heterocycles. The van der Waals surface area contributed by atoms with Crippen molar-refractivity contribution in [1.82, 2.24) is 16.0 Å². The van der Waals surface area contributed by atoms with Crippen LogP contribution >= 0.6 is 0 Å². The number of rotatable bonds is 15. The number of ether oxygens (including phenoxy) is 1. The molecular weight excluding hydrogens is 370 g/mol. The Hall–Kier alpha value is -1.68. The summed E-state index contributed by atoms with van der Waals surface area (Å²) in [6, 6.07) is 7.93. The van der Waals surface area contributed by atoms with Crippen LogP contribution in [0.5, 0.6) is 0 Å². The number of hydrogen-bond donors (Lipinski definition) is 4. The van der Waals surface area contributed by atoms with Gasteiger partial charge in [-0.25, -0.2) is 13.2 Å². The van der Waals surface area contributed by atoms with Gasteiger partial charge < -0.3 is 20.5 Å². The van der Waals surface area contributed by atoms with E-state index in [1.54, 1.807) is 18.2 Å². The van der Waals surface area contributed by atoms with Gasteiger partial charge in [0.05, 0.1) is 4.90 Å². The quantitative estimate of drug-likeness (QED) is 0.200. The van der Waals surface area contributed by atoms with E-state index >= 15 is 0 Å². The average Bonchev–Trinajstić information content (AvgIpc) is 2.63. The van der Waals surface area contributed by atoms with E-state index in [0.717, 1.165) is 45.4 Å². The van der Waals surface area contributed by atoms with E-state index in [1.165, 1.54) is 12.1 Å². The molecule has 9 heteroatoms. The van der Waals surface area contributed by atoms with Crippen LogP contribution in [0.1, 0.15) is 32.6 Å². The van der Waals surface area contributed by atoms with E-state index in [2.05, 4.69) is 22.9 Å². The van der Waals surface area contributed by atoms with Crippen molar-refractivity contribution in [3.63, 3.8) is 0 Å². The van der Waals surface area contributed by atoms with Gasteiger partial charge in [0.2, 0.25) is 0 Å². The van der Waals surface area contributed by atoms with E-state index < -0.39 is 28.0 Å². The van der Waals surface area contributed by atoms with E-state index in [-0.39, 0.29) is 4.90 Å². The van der Waals surface area contributed by atoms with Gasteiger partial charge in [-0.15, -0.1) is 0 Å². The molecule has 154 valence electrons. The van der Waals surface area contributed by atoms with E-state index in [9.17, 15) is 13.2 Å². The first kappa shape index (κ1) is 23.4. The zero-order valence-corrected chi connectivity index (χ0v) is 16.6. The Morgan fingerprint density at radius 1 is 1.07 bits per heavy atom. The monoisotopic (exact) mass is 401 g/mol. The van der Waals surface area contributed by atoms with E-state index in [1.807, 2.05) is 0 Å². The van der Waals surface area contributed by atoms with Gasteiger partial charge >= 0.3 is 6.16 Å². The van der Waals surface area contributed by atoms with E-state index in [4.69, 9.17) is 9.84 Å². The van der Waals surface area contributed by atoms with Gasteiger partial charge in [0.15, 0.2) is 16.1 Å². The number of benzene rings is 1. The summed E-state index contributed by atoms with van der Waals surface area (Å²) in [5.74, 6) is -0.437. The molecule has 4 N–H and O–H groups in total. The average molecular weight is 402 g/mol. The maximum Gasteiger partial charge on any atom is 0.507 e. The maximum absolute atomic E-state index is 12.4. The fraction of sp³-hybridized carbons (Fsp3) is 0.611. The van der Waals surface area contributed by atoms with Gasteiger partial charge in [-0.1, -0.05) is 31.5 Å². The van der Waals surface area contributed by atoms with Crippen LogP contribution in [0.25, 0.3) is 0 Å². The first-order chi connectivity index (χ1) is 13.0. The molecule has 0 amide bonds. The number of nitrogens with one attached hydrogen (secondary N) is 3. The number of carbonyl (C=O) groups is 1. The molecule has 0 radical (unpaired) electrons. The van der Waals surface area contributed by atoms with Crippen LogP contribution in [0.15, 0.2) is 35.2 Å². The Balaban J connectivity index is 2.31. The molecule has 0 aliphatic rings. The molecule has 0 aliphatic heterocycles. The highest BCUT2D eigenvalue weighted by atomic mass is 32.2. The number of hydrogen-bond acceptors (Lipinski definition) is 7. The van der Waals surface area contributed by atoms with Crippen molar-refractivity contribution in [2.45, 2.75) is 43.7 Å². The lowest BCUT2D eigenvalue weighted by Crippen LogP contribution is -2.40. The minimum Gasteiger partial charge on any atom is -0.450 e. The molecule has 1 rings (SSSR count). The summed E-state index contributed by atoms with van der Waals surface area (Å²) < 4.78 is 29.5. The Labute approximate surface area is 161 Å². The third-order valence-electron chi connectivity index (χ3n) is 3.80. The van der Waals surface area contributed by atoms with Crippen LogP contribution in [0.3, 0.4) is 0 Å². The largest absolute Gasteiger partial charge is 0.507 e. The van der Waals surface area contributed by atoms with Crippen molar-refractivity contribution in [2.75, 3.05) is 32.1 Å². The third-order valence-corrected chi connectivity index (χ3v) is 5.53. The second-order valence-electron chi connectivity index (χ2n) is 6.16. The minimum absolute atomic E-state index is 0.147. The standard InChI is InChI=1S/C18H31N3O5S/c1-2-11-19-15-20-12-7-4-8-13-21-17(26-18(22)23)14-27(24,25)16-9-5-3-6-10-16/h3,5-6,9-10,17,19-21H,2,4,7-8,11-15H2,1H3,(H,22,23). The highest BCUT2D eigenvalue weighted by Crippen LogP contribution is 2.12. The molecule has 1 aromatic rings. The summed E-state index contributed by atoms with van der Waals surface area (Å²) in [6.45, 7) is 5.28. The first-order valence-electron chi connectivity index (χ1n) is 9.28. The van der Waals surface area contributed by atoms with Gasteiger partial charge in [0.25, 0.3) is 0 Å². The molecule has 0 saturated carbocycles. The second kappa shape index (κ2) is 13.5. The van der Waals surface area contributed by atoms with Crippen molar-refractivity contribution in [1.29, 1.82) is 0 Å². The molecule has 1 unspecified atom stereocenters. The molecular formula is C18H31N3O5S. The zero-order valence-electron chi connectivity index (χ0n) is 15.8. The molecule has 8 nitrogen and oxygen atoms in total. The first-order valence-corrected chi connectivity index (χ1v) is 10.9. The summed E-state index contributed by atoms with van der Waals surface area (Å²) in [7, 11) is -3.64.